The van der Waals surface area contributed by atoms with Gasteiger partial charge < -0.3 is 10.2 Å². The van der Waals surface area contributed by atoms with E-state index >= 15 is 0 Å². The topological polar surface area (TPSA) is 15.3 Å². The first-order valence-corrected chi connectivity index (χ1v) is 8.18. The van der Waals surface area contributed by atoms with Crippen molar-refractivity contribution in [1.82, 2.24) is 10.2 Å². The molecule has 2 nitrogen and oxygen atoms in total. The number of hydrogen-bond acceptors (Lipinski definition) is 2. The van der Waals surface area contributed by atoms with Crippen LogP contribution in [-0.4, -0.2) is 31.1 Å². The molecular formula is C17H27ClN2. The molecule has 1 N–H and O–H groups in total. The molecule has 112 valence electrons. The molecule has 0 aromatic heterocycles. The maximum Gasteiger partial charge on any atom is 0.0451 e. The number of nitrogens with zero attached hydrogens (tertiary/aromatic N) is 1. The quantitative estimate of drug-likeness (QED) is 0.855. The summed E-state index contributed by atoms with van der Waals surface area (Å²) in [6.07, 6.45) is 5.45. The van der Waals surface area contributed by atoms with Gasteiger partial charge in [0.1, 0.15) is 0 Å². The van der Waals surface area contributed by atoms with Crippen molar-refractivity contribution in [1.29, 1.82) is 0 Å². The maximum absolute atomic E-state index is 6.20. The SMILES string of the molecule is CC1CCC(NCCN(C)Cc2ccccc2Cl)CC1. The number of rotatable bonds is 6. The molecule has 0 heterocycles. The third-order valence-corrected chi connectivity index (χ3v) is 4.71. The van der Waals surface area contributed by atoms with Crippen molar-refractivity contribution >= 4 is 11.6 Å². The Balaban J connectivity index is 1.65. The highest BCUT2D eigenvalue weighted by molar-refractivity contribution is 6.31. The van der Waals surface area contributed by atoms with Crippen LogP contribution in [0.5, 0.6) is 0 Å². The van der Waals surface area contributed by atoms with Gasteiger partial charge in [0.25, 0.3) is 0 Å². The van der Waals surface area contributed by atoms with Crippen molar-refractivity contribution in [2.75, 3.05) is 20.1 Å². The molecule has 20 heavy (non-hydrogen) atoms. The lowest BCUT2D eigenvalue weighted by Gasteiger charge is -2.28. The van der Waals surface area contributed by atoms with Crippen LogP contribution in [0.1, 0.15) is 38.2 Å². The standard InChI is InChI=1S/C17H27ClN2/c1-14-7-9-16(10-8-14)19-11-12-20(2)13-15-5-3-4-6-17(15)18/h3-6,14,16,19H,7-13H2,1-2H3. The summed E-state index contributed by atoms with van der Waals surface area (Å²) in [4.78, 5) is 2.33. The van der Waals surface area contributed by atoms with Crippen LogP contribution in [0.3, 0.4) is 0 Å². The molecule has 1 aromatic carbocycles. The molecule has 2 rings (SSSR count). The Morgan fingerprint density at radius 1 is 1.20 bits per heavy atom. The fourth-order valence-corrected chi connectivity index (χ4v) is 3.12. The molecule has 1 fully saturated rings. The van der Waals surface area contributed by atoms with Gasteiger partial charge in [-0.25, -0.2) is 0 Å². The number of benzene rings is 1. The summed E-state index contributed by atoms with van der Waals surface area (Å²) in [7, 11) is 2.16. The summed E-state index contributed by atoms with van der Waals surface area (Å²) in [5.41, 5.74) is 1.21. The van der Waals surface area contributed by atoms with Crippen LogP contribution in [0, 0.1) is 5.92 Å². The van der Waals surface area contributed by atoms with Crippen molar-refractivity contribution in [3.05, 3.63) is 34.9 Å². The molecule has 1 aromatic rings. The predicted octanol–water partition coefficient (Wildman–Crippen LogP) is 3.94. The van der Waals surface area contributed by atoms with E-state index < -0.39 is 0 Å². The van der Waals surface area contributed by atoms with E-state index in [1.54, 1.807) is 0 Å². The lowest BCUT2D eigenvalue weighted by atomic mass is 9.87. The molecule has 0 aliphatic heterocycles. The molecule has 0 atom stereocenters. The van der Waals surface area contributed by atoms with E-state index in [4.69, 9.17) is 11.6 Å². The van der Waals surface area contributed by atoms with Gasteiger partial charge in [0.05, 0.1) is 0 Å². The van der Waals surface area contributed by atoms with Crippen LogP contribution < -0.4 is 5.32 Å². The third kappa shape index (κ3) is 5.08. The molecule has 1 saturated carbocycles. The number of nitrogens with one attached hydrogen (secondary N) is 1. The Hall–Kier alpha value is -0.570. The Morgan fingerprint density at radius 3 is 2.60 bits per heavy atom. The highest BCUT2D eigenvalue weighted by Gasteiger charge is 2.17. The fraction of sp³-hybridized carbons (Fsp3) is 0.647. The zero-order valence-electron chi connectivity index (χ0n) is 12.7. The molecule has 3 heteroatoms. The molecule has 1 aliphatic rings. The van der Waals surface area contributed by atoms with E-state index in [9.17, 15) is 0 Å². The second kappa shape index (κ2) is 8.02. The van der Waals surface area contributed by atoms with E-state index in [1.165, 1.54) is 31.2 Å². The van der Waals surface area contributed by atoms with Gasteiger partial charge in [0.15, 0.2) is 0 Å². The predicted molar refractivity (Wildman–Crippen MR) is 87.2 cm³/mol. The van der Waals surface area contributed by atoms with Gasteiger partial charge in [0, 0.05) is 30.7 Å². The van der Waals surface area contributed by atoms with Crippen LogP contribution in [0.15, 0.2) is 24.3 Å². The molecule has 1 aliphatic carbocycles. The van der Waals surface area contributed by atoms with Crippen molar-refractivity contribution in [3.8, 4) is 0 Å². The van der Waals surface area contributed by atoms with E-state index in [-0.39, 0.29) is 0 Å². The van der Waals surface area contributed by atoms with E-state index in [1.807, 2.05) is 12.1 Å². The normalized spacial score (nSPS) is 23.2. The Bertz CT molecular complexity index is 400. The molecule has 0 bridgehead atoms. The molecular weight excluding hydrogens is 268 g/mol. The zero-order chi connectivity index (χ0) is 14.4. The summed E-state index contributed by atoms with van der Waals surface area (Å²) >= 11 is 6.20. The van der Waals surface area contributed by atoms with Gasteiger partial charge >= 0.3 is 0 Å². The highest BCUT2D eigenvalue weighted by Crippen LogP contribution is 2.23. The average molecular weight is 295 g/mol. The minimum absolute atomic E-state index is 0.736. The summed E-state index contributed by atoms with van der Waals surface area (Å²) in [6, 6.07) is 8.84. The number of halogens is 1. The molecule has 0 saturated heterocycles. The van der Waals surface area contributed by atoms with E-state index in [0.717, 1.165) is 36.6 Å². The zero-order valence-corrected chi connectivity index (χ0v) is 13.5. The summed E-state index contributed by atoms with van der Waals surface area (Å²) in [6.45, 7) is 5.42. The van der Waals surface area contributed by atoms with Gasteiger partial charge in [-0.05, 0) is 50.3 Å². The van der Waals surface area contributed by atoms with Gasteiger partial charge in [-0.2, -0.15) is 0 Å². The lowest BCUT2D eigenvalue weighted by molar-refractivity contribution is 0.279. The first-order valence-electron chi connectivity index (χ1n) is 7.80. The Labute approximate surface area is 128 Å². The molecule has 0 spiro atoms. The van der Waals surface area contributed by atoms with E-state index in [2.05, 4.69) is 36.3 Å². The van der Waals surface area contributed by atoms with Crippen molar-refractivity contribution in [2.45, 2.75) is 45.2 Å². The van der Waals surface area contributed by atoms with Crippen LogP contribution in [0.25, 0.3) is 0 Å². The number of likely N-dealkylation sites (N-methyl/N-ethyl adjacent to an activating group) is 1. The van der Waals surface area contributed by atoms with Crippen LogP contribution >= 0.6 is 11.6 Å². The second-order valence-electron chi connectivity index (χ2n) is 6.24. The van der Waals surface area contributed by atoms with Crippen LogP contribution in [0.4, 0.5) is 0 Å². The second-order valence-corrected chi connectivity index (χ2v) is 6.65. The minimum atomic E-state index is 0.736. The monoisotopic (exact) mass is 294 g/mol. The van der Waals surface area contributed by atoms with Gasteiger partial charge in [-0.3, -0.25) is 0 Å². The van der Waals surface area contributed by atoms with Gasteiger partial charge in [-0.1, -0.05) is 36.7 Å². The molecule has 0 amide bonds. The first kappa shape index (κ1) is 15.8. The third-order valence-electron chi connectivity index (χ3n) is 4.34. The summed E-state index contributed by atoms with van der Waals surface area (Å²) in [5.74, 6) is 0.927. The Kier molecular flexibility index (Phi) is 6.34. The van der Waals surface area contributed by atoms with Crippen molar-refractivity contribution in [2.24, 2.45) is 5.92 Å². The van der Waals surface area contributed by atoms with Crippen LogP contribution in [-0.2, 0) is 6.54 Å². The number of hydrogen-bond donors (Lipinski definition) is 1. The van der Waals surface area contributed by atoms with Gasteiger partial charge in [-0.15, -0.1) is 0 Å². The van der Waals surface area contributed by atoms with Crippen molar-refractivity contribution in [3.63, 3.8) is 0 Å². The smallest absolute Gasteiger partial charge is 0.0451 e. The Morgan fingerprint density at radius 2 is 1.90 bits per heavy atom. The van der Waals surface area contributed by atoms with Crippen LogP contribution in [0.2, 0.25) is 5.02 Å². The maximum atomic E-state index is 6.20. The first-order chi connectivity index (χ1) is 9.65. The lowest BCUT2D eigenvalue weighted by Crippen LogP contribution is -2.37. The highest BCUT2D eigenvalue weighted by atomic mass is 35.5. The average Bonchev–Trinajstić information content (AvgIpc) is 2.44. The molecule has 0 radical (unpaired) electrons. The van der Waals surface area contributed by atoms with Gasteiger partial charge in [0.2, 0.25) is 0 Å². The molecule has 0 unspecified atom stereocenters. The summed E-state index contributed by atoms with van der Waals surface area (Å²) in [5, 5.41) is 4.57. The minimum Gasteiger partial charge on any atom is -0.313 e. The van der Waals surface area contributed by atoms with Crippen molar-refractivity contribution < 1.29 is 0 Å². The largest absolute Gasteiger partial charge is 0.313 e. The fourth-order valence-electron chi connectivity index (χ4n) is 2.92. The summed E-state index contributed by atoms with van der Waals surface area (Å²) < 4.78 is 0. The van der Waals surface area contributed by atoms with E-state index in [0.29, 0.717) is 0 Å².